The molecule has 1 heterocycles. The van der Waals surface area contributed by atoms with E-state index in [0.717, 1.165) is 12.1 Å². The number of imide groups is 1. The van der Waals surface area contributed by atoms with Crippen molar-refractivity contribution in [3.05, 3.63) is 83.4 Å². The van der Waals surface area contributed by atoms with Gasteiger partial charge in [0.15, 0.2) is 6.10 Å². The van der Waals surface area contributed by atoms with E-state index in [9.17, 15) is 28.3 Å². The lowest BCUT2D eigenvalue weighted by Gasteiger charge is -2.35. The Hall–Kier alpha value is -3.43. The van der Waals surface area contributed by atoms with Crippen molar-refractivity contribution in [3.63, 3.8) is 0 Å². The fraction of sp³-hybridized carbons (Fsp3) is 0.261. The van der Waals surface area contributed by atoms with Gasteiger partial charge >= 0.3 is 0 Å². The third-order valence-electron chi connectivity index (χ3n) is 5.11. The van der Waals surface area contributed by atoms with Gasteiger partial charge in [-0.25, -0.2) is 8.78 Å². The number of aliphatic hydroxyl groups is 1. The Morgan fingerprint density at radius 3 is 2.34 bits per heavy atom. The van der Waals surface area contributed by atoms with Gasteiger partial charge in [0.05, 0.1) is 6.04 Å². The number of carbonyl (C=O) groups is 3. The monoisotopic (exact) mass is 443 g/mol. The molecule has 0 fully saturated rings. The molecule has 168 valence electrons. The Kier molecular flexibility index (Phi) is 7.12. The van der Waals surface area contributed by atoms with E-state index in [1.807, 2.05) is 0 Å². The number of rotatable bonds is 5. The normalized spacial score (nSPS) is 20.1. The molecule has 0 saturated carbocycles. The number of benzene rings is 2. The van der Waals surface area contributed by atoms with E-state index >= 15 is 0 Å². The summed E-state index contributed by atoms with van der Waals surface area (Å²) in [5.74, 6) is -5.51. The fourth-order valence-corrected chi connectivity index (χ4v) is 3.60. The van der Waals surface area contributed by atoms with Crippen LogP contribution in [-0.4, -0.2) is 46.4 Å². The minimum Gasteiger partial charge on any atom is -0.378 e. The quantitative estimate of drug-likeness (QED) is 0.607. The van der Waals surface area contributed by atoms with E-state index in [0.29, 0.717) is 16.5 Å². The molecule has 0 aliphatic carbocycles. The van der Waals surface area contributed by atoms with Crippen LogP contribution >= 0.6 is 0 Å². The van der Waals surface area contributed by atoms with Crippen LogP contribution in [0.5, 0.6) is 0 Å². The zero-order valence-electron chi connectivity index (χ0n) is 17.2. The summed E-state index contributed by atoms with van der Waals surface area (Å²) in [6, 6.07) is 8.31. The average Bonchev–Trinajstić information content (AvgIpc) is 2.95. The van der Waals surface area contributed by atoms with Gasteiger partial charge in [0.25, 0.3) is 5.91 Å². The predicted molar refractivity (Wildman–Crippen MR) is 112 cm³/mol. The minimum atomic E-state index is -2.10. The second-order valence-electron chi connectivity index (χ2n) is 7.50. The lowest BCUT2D eigenvalue weighted by Crippen LogP contribution is -2.58. The lowest BCUT2D eigenvalue weighted by molar-refractivity contribution is -0.158. The molecule has 0 bridgehead atoms. The Labute approximate surface area is 183 Å². The molecule has 4 atom stereocenters. The van der Waals surface area contributed by atoms with Gasteiger partial charge in [-0.1, -0.05) is 42.5 Å². The number of nitrogens with one attached hydrogen (secondary N) is 1. The second kappa shape index (κ2) is 9.80. The summed E-state index contributed by atoms with van der Waals surface area (Å²) >= 11 is 0. The van der Waals surface area contributed by atoms with Gasteiger partial charge in [0.2, 0.25) is 11.8 Å². The Morgan fingerprint density at radius 2 is 1.75 bits per heavy atom. The van der Waals surface area contributed by atoms with Gasteiger partial charge in [-0.3, -0.25) is 19.3 Å². The van der Waals surface area contributed by atoms with Crippen LogP contribution in [0.2, 0.25) is 0 Å². The van der Waals surface area contributed by atoms with E-state index in [4.69, 9.17) is 5.73 Å². The summed E-state index contributed by atoms with van der Waals surface area (Å²) in [7, 11) is 0. The molecule has 1 aliphatic rings. The van der Waals surface area contributed by atoms with E-state index in [-0.39, 0.29) is 6.54 Å². The fourth-order valence-electron chi connectivity index (χ4n) is 3.60. The van der Waals surface area contributed by atoms with Gasteiger partial charge in [0, 0.05) is 18.5 Å². The highest BCUT2D eigenvalue weighted by molar-refractivity contribution is 6.04. The summed E-state index contributed by atoms with van der Waals surface area (Å²) in [6.07, 6.45) is 1.27. The number of nitrogens with two attached hydrogens (primary N) is 1. The Morgan fingerprint density at radius 1 is 1.12 bits per heavy atom. The van der Waals surface area contributed by atoms with Crippen LogP contribution in [0, 0.1) is 11.6 Å². The molecule has 7 nitrogen and oxygen atoms in total. The molecule has 0 spiro atoms. The van der Waals surface area contributed by atoms with Crippen LogP contribution in [0.25, 0.3) is 0 Å². The molecule has 32 heavy (non-hydrogen) atoms. The van der Waals surface area contributed by atoms with E-state index in [2.05, 4.69) is 5.32 Å². The molecule has 1 aliphatic heterocycles. The zero-order chi connectivity index (χ0) is 23.4. The highest BCUT2D eigenvalue weighted by Gasteiger charge is 2.43. The Bertz CT molecular complexity index is 1020. The number of aliphatic hydroxyl groups excluding tert-OH is 1. The van der Waals surface area contributed by atoms with Crippen molar-refractivity contribution >= 4 is 17.7 Å². The van der Waals surface area contributed by atoms with Crippen LogP contribution in [0.15, 0.2) is 60.7 Å². The largest absolute Gasteiger partial charge is 0.378 e. The molecule has 3 amide bonds. The highest BCUT2D eigenvalue weighted by atomic mass is 19.1. The van der Waals surface area contributed by atoms with E-state index in [1.165, 1.54) is 6.92 Å². The number of amides is 3. The van der Waals surface area contributed by atoms with Gasteiger partial charge < -0.3 is 16.2 Å². The molecule has 2 aromatic rings. The molecule has 0 aromatic heterocycles. The Balaban J connectivity index is 2.10. The third kappa shape index (κ3) is 4.90. The van der Waals surface area contributed by atoms with Gasteiger partial charge in [-0.15, -0.1) is 0 Å². The van der Waals surface area contributed by atoms with Crippen molar-refractivity contribution < 1.29 is 28.3 Å². The average molecular weight is 443 g/mol. The van der Waals surface area contributed by atoms with Crippen molar-refractivity contribution in [2.24, 2.45) is 5.73 Å². The first-order chi connectivity index (χ1) is 15.2. The maximum atomic E-state index is 13.7. The van der Waals surface area contributed by atoms with Crippen LogP contribution in [0.1, 0.15) is 30.1 Å². The number of nitrogens with zero attached hydrogens (tertiary/aromatic N) is 1. The summed E-state index contributed by atoms with van der Waals surface area (Å²) in [4.78, 5) is 39.9. The molecule has 9 heteroatoms. The summed E-state index contributed by atoms with van der Waals surface area (Å²) in [6.45, 7) is 1.50. The van der Waals surface area contributed by atoms with Crippen LogP contribution in [-0.2, 0) is 14.4 Å². The molecule has 2 aromatic carbocycles. The van der Waals surface area contributed by atoms with Crippen molar-refractivity contribution in [1.29, 1.82) is 0 Å². The third-order valence-corrected chi connectivity index (χ3v) is 5.11. The molecule has 3 rings (SSSR count). The molecule has 0 saturated heterocycles. The molecule has 0 unspecified atom stereocenters. The molecule has 4 N–H and O–H groups in total. The minimum absolute atomic E-state index is 0.171. The van der Waals surface area contributed by atoms with Gasteiger partial charge in [-0.2, -0.15) is 0 Å². The maximum Gasteiger partial charge on any atom is 0.263 e. The van der Waals surface area contributed by atoms with Crippen LogP contribution in [0.4, 0.5) is 8.78 Å². The standard InChI is InChI=1S/C23H23F2N3O4/c1-13(26)22(31)28(23(32)20(29)15-10-16(24)12-17(25)11-15)19-18(8-5-9-27-21(19)30)14-6-3-2-4-7-14/h2-8,10-13,18-20,29H,9,26H2,1H3,(H,27,30)/t13-,18-,19-,20-/m0/s1. The van der Waals surface area contributed by atoms with Gasteiger partial charge in [-0.05, 0) is 30.2 Å². The summed E-state index contributed by atoms with van der Waals surface area (Å²) in [5, 5.41) is 13.2. The number of carbonyl (C=O) groups excluding carboxylic acids is 3. The number of hydrogen-bond acceptors (Lipinski definition) is 5. The highest BCUT2D eigenvalue weighted by Crippen LogP contribution is 2.30. The SMILES string of the molecule is C[C@H](N)C(=O)N(C(=O)[C@@H](O)c1cc(F)cc(F)c1)[C@@H]1C(=O)NCC=C[C@H]1c1ccccc1. The zero-order valence-corrected chi connectivity index (χ0v) is 17.2. The van der Waals surface area contributed by atoms with Crippen molar-refractivity contribution in [2.45, 2.75) is 31.0 Å². The predicted octanol–water partition coefficient (Wildman–Crippen LogP) is 1.54. The first kappa shape index (κ1) is 23.2. The van der Waals surface area contributed by atoms with Gasteiger partial charge in [0.1, 0.15) is 17.7 Å². The number of halogens is 2. The molecule has 0 radical (unpaired) electrons. The topological polar surface area (TPSA) is 113 Å². The van der Waals surface area contributed by atoms with Crippen LogP contribution in [0.3, 0.4) is 0 Å². The number of hydrogen-bond donors (Lipinski definition) is 3. The molecular formula is C23H23F2N3O4. The summed E-state index contributed by atoms with van der Waals surface area (Å²) in [5.41, 5.74) is 6.00. The van der Waals surface area contributed by atoms with Crippen molar-refractivity contribution in [1.82, 2.24) is 10.2 Å². The smallest absolute Gasteiger partial charge is 0.263 e. The first-order valence-electron chi connectivity index (χ1n) is 9.96. The van der Waals surface area contributed by atoms with Crippen molar-refractivity contribution in [3.8, 4) is 0 Å². The summed E-state index contributed by atoms with van der Waals surface area (Å²) < 4.78 is 27.3. The lowest BCUT2D eigenvalue weighted by atomic mass is 9.89. The van der Waals surface area contributed by atoms with Crippen molar-refractivity contribution in [2.75, 3.05) is 6.54 Å². The van der Waals surface area contributed by atoms with E-state index < -0.39 is 59.0 Å². The van der Waals surface area contributed by atoms with Crippen LogP contribution < -0.4 is 11.1 Å². The second-order valence-corrected chi connectivity index (χ2v) is 7.50. The van der Waals surface area contributed by atoms with E-state index in [1.54, 1.807) is 42.5 Å². The maximum absolute atomic E-state index is 13.7. The molecular weight excluding hydrogens is 420 g/mol. The first-order valence-corrected chi connectivity index (χ1v) is 9.96.